The van der Waals surface area contributed by atoms with Crippen LogP contribution in [0.25, 0.3) is 0 Å². The molecule has 0 unspecified atom stereocenters. The predicted octanol–water partition coefficient (Wildman–Crippen LogP) is 2.28. The Hall–Kier alpha value is -1.57. The SMILES string of the molecule is CNc1nc(N(C)CC2(O)CCCC2)cc(C(F)(F)F)n1. The van der Waals surface area contributed by atoms with E-state index in [1.807, 2.05) is 0 Å². The molecule has 1 saturated carbocycles. The fourth-order valence-corrected chi connectivity index (χ4v) is 2.60. The van der Waals surface area contributed by atoms with Crippen molar-refractivity contribution in [3.8, 4) is 0 Å². The van der Waals surface area contributed by atoms with E-state index in [1.54, 1.807) is 11.9 Å². The van der Waals surface area contributed by atoms with Gasteiger partial charge in [-0.15, -0.1) is 0 Å². The van der Waals surface area contributed by atoms with Crippen LogP contribution in [0.2, 0.25) is 0 Å². The molecule has 2 N–H and O–H groups in total. The molecule has 21 heavy (non-hydrogen) atoms. The minimum absolute atomic E-state index is 0.0925. The lowest BCUT2D eigenvalue weighted by molar-refractivity contribution is -0.141. The standard InChI is InChI=1S/C13H19F3N4O/c1-17-11-18-9(13(14,15)16)7-10(19-11)20(2)8-12(21)5-3-4-6-12/h7,21H,3-6,8H2,1-2H3,(H,17,18,19). The van der Waals surface area contributed by atoms with E-state index < -0.39 is 17.5 Å². The maximum absolute atomic E-state index is 12.8. The number of rotatable bonds is 4. The van der Waals surface area contributed by atoms with E-state index >= 15 is 0 Å². The molecule has 0 atom stereocenters. The molecule has 0 bridgehead atoms. The summed E-state index contributed by atoms with van der Waals surface area (Å²) in [5.41, 5.74) is -1.85. The Kier molecular flexibility index (Phi) is 4.27. The van der Waals surface area contributed by atoms with Gasteiger partial charge in [0.2, 0.25) is 5.95 Å². The lowest BCUT2D eigenvalue weighted by Crippen LogP contribution is -2.39. The number of hydrogen-bond acceptors (Lipinski definition) is 5. The molecular weight excluding hydrogens is 285 g/mol. The lowest BCUT2D eigenvalue weighted by Gasteiger charge is -2.29. The van der Waals surface area contributed by atoms with Crippen LogP contribution >= 0.6 is 0 Å². The first-order chi connectivity index (χ1) is 9.73. The van der Waals surface area contributed by atoms with Crippen molar-refractivity contribution in [3.63, 3.8) is 0 Å². The summed E-state index contributed by atoms with van der Waals surface area (Å²) in [6, 6.07) is 0.902. The molecule has 1 aromatic rings. The molecule has 1 fully saturated rings. The second-order valence-electron chi connectivity index (χ2n) is 5.47. The zero-order valence-corrected chi connectivity index (χ0v) is 12.0. The van der Waals surface area contributed by atoms with Gasteiger partial charge in [0.25, 0.3) is 0 Å². The maximum atomic E-state index is 12.8. The second kappa shape index (κ2) is 5.67. The average molecular weight is 304 g/mol. The summed E-state index contributed by atoms with van der Waals surface area (Å²) in [4.78, 5) is 8.99. The van der Waals surface area contributed by atoms with Gasteiger partial charge >= 0.3 is 6.18 Å². The van der Waals surface area contributed by atoms with Crippen molar-refractivity contribution in [3.05, 3.63) is 11.8 Å². The number of anilines is 2. The summed E-state index contributed by atoms with van der Waals surface area (Å²) in [5.74, 6) is 0.0482. The molecule has 0 radical (unpaired) electrons. The highest BCUT2D eigenvalue weighted by Crippen LogP contribution is 2.33. The molecule has 0 saturated heterocycles. The number of hydrogen-bond donors (Lipinski definition) is 2. The van der Waals surface area contributed by atoms with Crippen molar-refractivity contribution in [1.82, 2.24) is 9.97 Å². The van der Waals surface area contributed by atoms with Gasteiger partial charge in [0.05, 0.1) is 5.60 Å². The van der Waals surface area contributed by atoms with Crippen molar-refractivity contribution < 1.29 is 18.3 Å². The van der Waals surface area contributed by atoms with Gasteiger partial charge in [-0.2, -0.15) is 18.2 Å². The molecule has 1 aliphatic rings. The zero-order chi connectivity index (χ0) is 15.7. The Morgan fingerprint density at radius 2 is 1.95 bits per heavy atom. The summed E-state index contributed by atoms with van der Waals surface area (Å²) in [7, 11) is 3.09. The minimum atomic E-state index is -4.53. The molecule has 1 heterocycles. The number of halogens is 3. The largest absolute Gasteiger partial charge is 0.433 e. The molecule has 0 aromatic carbocycles. The van der Waals surface area contributed by atoms with Crippen LogP contribution in [0.5, 0.6) is 0 Å². The van der Waals surface area contributed by atoms with Crippen LogP contribution in [-0.2, 0) is 6.18 Å². The summed E-state index contributed by atoms with van der Waals surface area (Å²) in [5, 5.41) is 12.9. The van der Waals surface area contributed by atoms with Gasteiger partial charge in [0.1, 0.15) is 5.82 Å². The summed E-state index contributed by atoms with van der Waals surface area (Å²) in [6.45, 7) is 0.254. The van der Waals surface area contributed by atoms with Gasteiger partial charge in [-0.05, 0) is 12.8 Å². The van der Waals surface area contributed by atoms with E-state index in [0.29, 0.717) is 12.8 Å². The Balaban J connectivity index is 2.25. The molecule has 8 heteroatoms. The predicted molar refractivity (Wildman–Crippen MR) is 73.3 cm³/mol. The van der Waals surface area contributed by atoms with E-state index in [0.717, 1.165) is 18.9 Å². The van der Waals surface area contributed by atoms with Gasteiger partial charge in [-0.25, -0.2) is 4.98 Å². The molecule has 5 nitrogen and oxygen atoms in total. The van der Waals surface area contributed by atoms with Gasteiger partial charge < -0.3 is 15.3 Å². The topological polar surface area (TPSA) is 61.3 Å². The summed E-state index contributed by atoms with van der Waals surface area (Å²) >= 11 is 0. The first-order valence-corrected chi connectivity index (χ1v) is 6.81. The maximum Gasteiger partial charge on any atom is 0.433 e. The van der Waals surface area contributed by atoms with Gasteiger partial charge in [-0.1, -0.05) is 12.8 Å². The molecule has 0 aliphatic heterocycles. The zero-order valence-electron chi connectivity index (χ0n) is 12.0. The first-order valence-electron chi connectivity index (χ1n) is 6.81. The third kappa shape index (κ3) is 3.75. The monoisotopic (exact) mass is 304 g/mol. The summed E-state index contributed by atoms with van der Waals surface area (Å²) in [6.07, 6.45) is -1.34. The normalized spacial score (nSPS) is 17.8. The quantitative estimate of drug-likeness (QED) is 0.893. The molecule has 1 aromatic heterocycles. The highest BCUT2D eigenvalue weighted by atomic mass is 19.4. The van der Waals surface area contributed by atoms with Gasteiger partial charge in [0, 0.05) is 26.7 Å². The van der Waals surface area contributed by atoms with Gasteiger partial charge in [-0.3, -0.25) is 0 Å². The fraction of sp³-hybridized carbons (Fsp3) is 0.692. The number of likely N-dealkylation sites (N-methyl/N-ethyl adjacent to an activating group) is 1. The summed E-state index contributed by atoms with van der Waals surface area (Å²) < 4.78 is 38.5. The third-order valence-corrected chi connectivity index (χ3v) is 3.68. The van der Waals surface area contributed by atoms with Crippen LogP contribution in [0.1, 0.15) is 31.4 Å². The van der Waals surface area contributed by atoms with Crippen molar-refractivity contribution >= 4 is 11.8 Å². The molecule has 0 amide bonds. The lowest BCUT2D eigenvalue weighted by atomic mass is 10.0. The van der Waals surface area contributed by atoms with Crippen molar-refractivity contribution in [2.24, 2.45) is 0 Å². The van der Waals surface area contributed by atoms with E-state index in [4.69, 9.17) is 0 Å². The average Bonchev–Trinajstić information content (AvgIpc) is 2.83. The molecular formula is C13H19F3N4O. The highest BCUT2D eigenvalue weighted by Gasteiger charge is 2.36. The van der Waals surface area contributed by atoms with E-state index in [-0.39, 0.29) is 18.3 Å². The van der Waals surface area contributed by atoms with Crippen molar-refractivity contribution in [2.75, 3.05) is 30.9 Å². The van der Waals surface area contributed by atoms with Crippen LogP contribution in [-0.4, -0.2) is 41.3 Å². The molecule has 2 rings (SSSR count). The highest BCUT2D eigenvalue weighted by molar-refractivity contribution is 5.45. The Bertz CT molecular complexity index is 501. The molecule has 0 spiro atoms. The van der Waals surface area contributed by atoms with Crippen LogP contribution in [0.4, 0.5) is 24.9 Å². The smallest absolute Gasteiger partial charge is 0.388 e. The van der Waals surface area contributed by atoms with Crippen LogP contribution in [0, 0.1) is 0 Å². The number of nitrogens with zero attached hydrogens (tertiary/aromatic N) is 3. The number of aliphatic hydroxyl groups is 1. The third-order valence-electron chi connectivity index (χ3n) is 3.68. The van der Waals surface area contributed by atoms with E-state index in [9.17, 15) is 18.3 Å². The Labute approximate surface area is 121 Å². The van der Waals surface area contributed by atoms with Crippen LogP contribution in [0.15, 0.2) is 6.07 Å². The Morgan fingerprint density at radius 1 is 1.33 bits per heavy atom. The number of alkyl halides is 3. The Morgan fingerprint density at radius 3 is 2.48 bits per heavy atom. The second-order valence-corrected chi connectivity index (χ2v) is 5.47. The van der Waals surface area contributed by atoms with Crippen molar-refractivity contribution in [2.45, 2.75) is 37.5 Å². The number of nitrogens with one attached hydrogen (secondary N) is 1. The minimum Gasteiger partial charge on any atom is -0.388 e. The molecule has 118 valence electrons. The number of aromatic nitrogens is 2. The van der Waals surface area contributed by atoms with E-state index in [2.05, 4.69) is 15.3 Å². The van der Waals surface area contributed by atoms with Crippen LogP contribution in [0.3, 0.4) is 0 Å². The van der Waals surface area contributed by atoms with Crippen molar-refractivity contribution in [1.29, 1.82) is 0 Å². The van der Waals surface area contributed by atoms with Crippen LogP contribution < -0.4 is 10.2 Å². The fourth-order valence-electron chi connectivity index (χ4n) is 2.60. The molecule has 1 aliphatic carbocycles. The van der Waals surface area contributed by atoms with Gasteiger partial charge in [0.15, 0.2) is 5.69 Å². The van der Waals surface area contributed by atoms with E-state index in [1.165, 1.54) is 7.05 Å². The first kappa shape index (κ1) is 15.8.